The Morgan fingerprint density at radius 1 is 1.06 bits per heavy atom. The molecular weight excluding hydrogens is 245 g/mol. The van der Waals surface area contributed by atoms with Crippen LogP contribution in [-0.2, 0) is 0 Å². The van der Waals surface area contributed by atoms with Gasteiger partial charge in [0, 0.05) is 0 Å². The molecule has 0 aliphatic rings. The largest absolute Gasteiger partial charge is 0.466 e. The molecule has 2 nitrogen and oxygen atoms in total. The molecule has 0 bridgehead atoms. The summed E-state index contributed by atoms with van der Waals surface area (Å²) < 4.78 is 44.4. The number of aryl methyl sites for hydroxylation is 2. The van der Waals surface area contributed by atoms with Crippen molar-refractivity contribution in [3.63, 3.8) is 0 Å². The van der Waals surface area contributed by atoms with E-state index in [1.165, 1.54) is 13.0 Å². The summed E-state index contributed by atoms with van der Waals surface area (Å²) in [5.74, 6) is -4.41. The summed E-state index contributed by atoms with van der Waals surface area (Å²) in [6, 6.07) is 3.06. The molecule has 0 aliphatic carbocycles. The third kappa shape index (κ3) is 1.92. The highest BCUT2D eigenvalue weighted by atomic mass is 19.2. The number of carbonyl (C=O) groups excluding carboxylic acids is 1. The van der Waals surface area contributed by atoms with Crippen LogP contribution >= 0.6 is 0 Å². The van der Waals surface area contributed by atoms with E-state index in [1.54, 1.807) is 6.92 Å². The minimum atomic E-state index is -1.65. The Balaban J connectivity index is 2.53. The van der Waals surface area contributed by atoms with Gasteiger partial charge >= 0.3 is 0 Å². The van der Waals surface area contributed by atoms with Crippen molar-refractivity contribution < 1.29 is 22.4 Å². The van der Waals surface area contributed by atoms with Crippen molar-refractivity contribution in [1.82, 2.24) is 0 Å². The molecule has 5 heteroatoms. The molecule has 0 unspecified atom stereocenters. The molecule has 18 heavy (non-hydrogen) atoms. The lowest BCUT2D eigenvalue weighted by molar-refractivity contribution is 0.103. The fraction of sp³-hybridized carbons (Fsp3) is 0.154. The van der Waals surface area contributed by atoms with E-state index >= 15 is 0 Å². The molecule has 0 aliphatic heterocycles. The van der Waals surface area contributed by atoms with E-state index in [0.29, 0.717) is 17.6 Å². The SMILES string of the molecule is Cc1cc(C(=O)c2ccc(F)c(F)c2F)c(C)o1. The zero-order valence-corrected chi connectivity index (χ0v) is 9.68. The van der Waals surface area contributed by atoms with Gasteiger partial charge < -0.3 is 4.42 Å². The van der Waals surface area contributed by atoms with Crippen LogP contribution in [0, 0.1) is 31.3 Å². The van der Waals surface area contributed by atoms with Gasteiger partial charge in [0.05, 0.1) is 11.1 Å². The van der Waals surface area contributed by atoms with Gasteiger partial charge in [0.2, 0.25) is 0 Å². The first-order valence-electron chi connectivity index (χ1n) is 5.17. The average molecular weight is 254 g/mol. The van der Waals surface area contributed by atoms with Crippen LogP contribution in [0.1, 0.15) is 27.4 Å². The molecule has 2 rings (SSSR count). The molecule has 0 fully saturated rings. The Labute approximate surface area is 101 Å². The number of carbonyl (C=O) groups is 1. The van der Waals surface area contributed by atoms with Gasteiger partial charge in [-0.3, -0.25) is 4.79 Å². The van der Waals surface area contributed by atoms with Gasteiger partial charge in [0.15, 0.2) is 23.2 Å². The van der Waals surface area contributed by atoms with Crippen LogP contribution in [0.15, 0.2) is 22.6 Å². The number of benzene rings is 1. The zero-order valence-electron chi connectivity index (χ0n) is 9.68. The van der Waals surface area contributed by atoms with Gasteiger partial charge in [-0.2, -0.15) is 0 Å². The van der Waals surface area contributed by atoms with Crippen molar-refractivity contribution in [3.8, 4) is 0 Å². The lowest BCUT2D eigenvalue weighted by atomic mass is 10.0. The first kappa shape index (κ1) is 12.4. The normalized spacial score (nSPS) is 10.7. The molecule has 0 saturated heterocycles. The van der Waals surface area contributed by atoms with Crippen LogP contribution in [0.4, 0.5) is 13.2 Å². The van der Waals surface area contributed by atoms with E-state index in [9.17, 15) is 18.0 Å². The minimum absolute atomic E-state index is 0.136. The summed E-state index contributed by atoms with van der Waals surface area (Å²) in [5, 5.41) is 0. The van der Waals surface area contributed by atoms with Crippen LogP contribution in [0.3, 0.4) is 0 Å². The lowest BCUT2D eigenvalue weighted by Gasteiger charge is -2.03. The highest BCUT2D eigenvalue weighted by Crippen LogP contribution is 2.22. The Kier molecular flexibility index (Phi) is 2.98. The maximum atomic E-state index is 13.5. The number of furan rings is 1. The summed E-state index contributed by atoms with van der Waals surface area (Å²) in [4.78, 5) is 12.0. The maximum absolute atomic E-state index is 13.5. The molecule has 2 aromatic rings. The number of hydrogen-bond donors (Lipinski definition) is 0. The minimum Gasteiger partial charge on any atom is -0.466 e. The second kappa shape index (κ2) is 4.33. The molecule has 0 radical (unpaired) electrons. The number of rotatable bonds is 2. The smallest absolute Gasteiger partial charge is 0.199 e. The molecule has 1 aromatic carbocycles. The van der Waals surface area contributed by atoms with Gasteiger partial charge in [0.25, 0.3) is 0 Å². The van der Waals surface area contributed by atoms with Gasteiger partial charge in [-0.15, -0.1) is 0 Å². The van der Waals surface area contributed by atoms with Crippen molar-refractivity contribution >= 4 is 5.78 Å². The summed E-state index contributed by atoms with van der Waals surface area (Å²) in [5.41, 5.74) is -0.379. The van der Waals surface area contributed by atoms with Gasteiger partial charge in [-0.05, 0) is 32.0 Å². The van der Waals surface area contributed by atoms with Crippen LogP contribution in [-0.4, -0.2) is 5.78 Å². The highest BCUT2D eigenvalue weighted by molar-refractivity contribution is 6.09. The van der Waals surface area contributed by atoms with Crippen LogP contribution < -0.4 is 0 Å². The summed E-state index contributed by atoms with van der Waals surface area (Å²) >= 11 is 0. The van der Waals surface area contributed by atoms with E-state index in [0.717, 1.165) is 6.07 Å². The standard InChI is InChI=1S/C13H9F3O2/c1-6-5-9(7(2)18-6)13(17)8-3-4-10(14)12(16)11(8)15/h3-5H,1-2H3. The van der Waals surface area contributed by atoms with Crippen molar-refractivity contribution in [1.29, 1.82) is 0 Å². The molecular formula is C13H9F3O2. The summed E-state index contributed by atoms with van der Waals surface area (Å²) in [6.07, 6.45) is 0. The first-order valence-corrected chi connectivity index (χ1v) is 5.17. The third-order valence-corrected chi connectivity index (χ3v) is 2.57. The Morgan fingerprint density at radius 3 is 2.28 bits per heavy atom. The van der Waals surface area contributed by atoms with E-state index in [-0.39, 0.29) is 5.56 Å². The van der Waals surface area contributed by atoms with E-state index in [4.69, 9.17) is 4.42 Å². The third-order valence-electron chi connectivity index (χ3n) is 2.57. The molecule has 1 heterocycles. The predicted octanol–water partition coefficient (Wildman–Crippen LogP) is 3.54. The van der Waals surface area contributed by atoms with Gasteiger partial charge in [-0.1, -0.05) is 0 Å². The van der Waals surface area contributed by atoms with Crippen LogP contribution in [0.2, 0.25) is 0 Å². The monoisotopic (exact) mass is 254 g/mol. The maximum Gasteiger partial charge on any atom is 0.199 e. The summed E-state index contributed by atoms with van der Waals surface area (Å²) in [6.45, 7) is 3.17. The Morgan fingerprint density at radius 2 is 1.72 bits per heavy atom. The molecule has 0 atom stereocenters. The second-order valence-corrected chi connectivity index (χ2v) is 3.88. The number of halogens is 3. The van der Waals surface area contributed by atoms with Gasteiger partial charge in [-0.25, -0.2) is 13.2 Å². The Bertz CT molecular complexity index is 629. The molecule has 0 amide bonds. The van der Waals surface area contributed by atoms with Crippen molar-refractivity contribution in [2.45, 2.75) is 13.8 Å². The molecule has 0 saturated carbocycles. The van der Waals surface area contributed by atoms with Crippen molar-refractivity contribution in [2.75, 3.05) is 0 Å². The van der Waals surface area contributed by atoms with E-state index < -0.39 is 28.8 Å². The predicted molar refractivity (Wildman–Crippen MR) is 57.9 cm³/mol. The molecule has 0 N–H and O–H groups in total. The topological polar surface area (TPSA) is 30.2 Å². The average Bonchev–Trinajstić information content (AvgIpc) is 2.65. The highest BCUT2D eigenvalue weighted by Gasteiger charge is 2.22. The molecule has 94 valence electrons. The number of hydrogen-bond acceptors (Lipinski definition) is 2. The van der Waals surface area contributed by atoms with Gasteiger partial charge in [0.1, 0.15) is 11.5 Å². The van der Waals surface area contributed by atoms with Crippen molar-refractivity contribution in [3.05, 3.63) is 58.3 Å². The first-order chi connectivity index (χ1) is 8.41. The van der Waals surface area contributed by atoms with Crippen LogP contribution in [0.25, 0.3) is 0 Å². The Hall–Kier alpha value is -2.04. The lowest BCUT2D eigenvalue weighted by Crippen LogP contribution is -2.07. The fourth-order valence-corrected chi connectivity index (χ4v) is 1.70. The quantitative estimate of drug-likeness (QED) is 0.606. The number of ketones is 1. The van der Waals surface area contributed by atoms with E-state index in [1.807, 2.05) is 0 Å². The zero-order chi connectivity index (χ0) is 13.4. The van der Waals surface area contributed by atoms with Crippen molar-refractivity contribution in [2.24, 2.45) is 0 Å². The van der Waals surface area contributed by atoms with Crippen LogP contribution in [0.5, 0.6) is 0 Å². The molecule has 1 aromatic heterocycles. The van der Waals surface area contributed by atoms with E-state index in [2.05, 4.69) is 0 Å². The molecule has 0 spiro atoms. The summed E-state index contributed by atoms with van der Waals surface area (Å²) in [7, 11) is 0. The fourth-order valence-electron chi connectivity index (χ4n) is 1.70. The second-order valence-electron chi connectivity index (χ2n) is 3.88.